The Morgan fingerprint density at radius 3 is 2.77 bits per heavy atom. The zero-order valence-electron chi connectivity index (χ0n) is 7.95. The van der Waals surface area contributed by atoms with Crippen molar-refractivity contribution in [1.82, 2.24) is 0 Å². The summed E-state index contributed by atoms with van der Waals surface area (Å²) in [5.74, 6) is 0. The summed E-state index contributed by atoms with van der Waals surface area (Å²) in [5, 5.41) is 9.04. The normalized spacial score (nSPS) is 39.9. The highest BCUT2D eigenvalue weighted by atomic mass is 16.5. The van der Waals surface area contributed by atoms with Crippen molar-refractivity contribution in [3.63, 3.8) is 0 Å². The predicted molar refractivity (Wildman–Crippen MR) is 48.6 cm³/mol. The van der Waals surface area contributed by atoms with Crippen LogP contribution in [0.25, 0.3) is 0 Å². The first-order chi connectivity index (χ1) is 6.34. The van der Waals surface area contributed by atoms with Gasteiger partial charge in [-0.3, -0.25) is 0 Å². The summed E-state index contributed by atoms with van der Waals surface area (Å²) in [6.45, 7) is 1.61. The van der Waals surface area contributed by atoms with E-state index in [1.807, 2.05) is 0 Å². The summed E-state index contributed by atoms with van der Waals surface area (Å²) in [5.41, 5.74) is 0. The number of aliphatic hydroxyl groups is 1. The van der Waals surface area contributed by atoms with Crippen molar-refractivity contribution in [3.8, 4) is 0 Å². The van der Waals surface area contributed by atoms with Gasteiger partial charge in [0.2, 0.25) is 0 Å². The van der Waals surface area contributed by atoms with Crippen LogP contribution in [-0.4, -0.2) is 36.6 Å². The Labute approximate surface area is 79.0 Å². The molecule has 1 N–H and O–H groups in total. The molecule has 2 fully saturated rings. The van der Waals surface area contributed by atoms with Crippen molar-refractivity contribution in [2.24, 2.45) is 0 Å². The molecule has 0 radical (unpaired) electrons. The lowest BCUT2D eigenvalue weighted by Crippen LogP contribution is -2.38. The van der Waals surface area contributed by atoms with Crippen molar-refractivity contribution >= 4 is 0 Å². The smallest absolute Gasteiger partial charge is 0.0808 e. The van der Waals surface area contributed by atoms with Gasteiger partial charge in [-0.05, 0) is 32.1 Å². The van der Waals surface area contributed by atoms with Gasteiger partial charge in [-0.2, -0.15) is 0 Å². The van der Waals surface area contributed by atoms with Gasteiger partial charge >= 0.3 is 0 Å². The number of aliphatic hydroxyl groups excluding tert-OH is 1. The molecule has 1 atom stereocenters. The maximum absolute atomic E-state index is 9.04. The molecular weight excluding hydrogens is 168 g/mol. The van der Waals surface area contributed by atoms with E-state index < -0.39 is 0 Å². The molecule has 13 heavy (non-hydrogen) atoms. The van der Waals surface area contributed by atoms with Gasteiger partial charge in [0.25, 0.3) is 0 Å². The second-order valence-corrected chi connectivity index (χ2v) is 4.07. The van der Waals surface area contributed by atoms with Crippen molar-refractivity contribution in [2.45, 2.75) is 50.4 Å². The van der Waals surface area contributed by atoms with Crippen LogP contribution in [-0.2, 0) is 9.47 Å². The first-order valence-corrected chi connectivity index (χ1v) is 5.26. The van der Waals surface area contributed by atoms with Crippen molar-refractivity contribution in [3.05, 3.63) is 0 Å². The van der Waals surface area contributed by atoms with E-state index in [0.29, 0.717) is 12.2 Å². The van der Waals surface area contributed by atoms with E-state index in [9.17, 15) is 0 Å². The molecule has 1 saturated carbocycles. The van der Waals surface area contributed by atoms with Gasteiger partial charge in [-0.15, -0.1) is 0 Å². The van der Waals surface area contributed by atoms with Crippen LogP contribution in [0.5, 0.6) is 0 Å². The molecule has 3 heteroatoms. The molecular formula is C10H18O3. The van der Waals surface area contributed by atoms with E-state index >= 15 is 0 Å². The van der Waals surface area contributed by atoms with Crippen LogP contribution in [0.1, 0.15) is 32.1 Å². The monoisotopic (exact) mass is 186 g/mol. The minimum atomic E-state index is -0.114. The molecule has 0 bridgehead atoms. The molecule has 3 nitrogen and oxygen atoms in total. The zero-order valence-corrected chi connectivity index (χ0v) is 7.95. The first-order valence-electron chi connectivity index (χ1n) is 5.26. The fraction of sp³-hybridized carbons (Fsp3) is 1.00. The van der Waals surface area contributed by atoms with E-state index in [0.717, 1.165) is 32.5 Å². The maximum Gasteiger partial charge on any atom is 0.0808 e. The van der Waals surface area contributed by atoms with Gasteiger partial charge < -0.3 is 14.6 Å². The summed E-state index contributed by atoms with van der Waals surface area (Å²) in [6, 6.07) is 0. The van der Waals surface area contributed by atoms with Gasteiger partial charge in [0, 0.05) is 6.61 Å². The highest BCUT2D eigenvalue weighted by Gasteiger charge is 2.28. The largest absolute Gasteiger partial charge is 0.393 e. The van der Waals surface area contributed by atoms with Gasteiger partial charge in [-0.25, -0.2) is 0 Å². The van der Waals surface area contributed by atoms with Crippen molar-refractivity contribution < 1.29 is 14.6 Å². The van der Waals surface area contributed by atoms with Crippen molar-refractivity contribution in [1.29, 1.82) is 0 Å². The molecule has 1 aliphatic heterocycles. The number of ether oxygens (including phenoxy) is 2. The number of hydrogen-bond donors (Lipinski definition) is 1. The fourth-order valence-corrected chi connectivity index (χ4v) is 1.86. The molecule has 0 aromatic rings. The van der Waals surface area contributed by atoms with E-state index in [4.69, 9.17) is 14.6 Å². The molecule has 76 valence electrons. The topological polar surface area (TPSA) is 38.7 Å². The van der Waals surface area contributed by atoms with Gasteiger partial charge in [0.1, 0.15) is 0 Å². The summed E-state index contributed by atoms with van der Waals surface area (Å²) < 4.78 is 11.1. The lowest BCUT2D eigenvalue weighted by atomic mass is 9.92. The SMILES string of the molecule is OC1CC(OCC2CCCCO2)C1. The minimum Gasteiger partial charge on any atom is -0.393 e. The standard InChI is InChI=1S/C10H18O3/c11-8-5-10(6-8)13-7-9-3-1-2-4-12-9/h8-11H,1-7H2. The molecule has 1 unspecified atom stereocenters. The van der Waals surface area contributed by atoms with Crippen LogP contribution in [0.2, 0.25) is 0 Å². The number of rotatable bonds is 3. The third kappa shape index (κ3) is 2.66. The predicted octanol–water partition coefficient (Wildman–Crippen LogP) is 1.10. The first kappa shape index (κ1) is 9.44. The summed E-state index contributed by atoms with van der Waals surface area (Å²) in [4.78, 5) is 0. The van der Waals surface area contributed by atoms with E-state index in [1.165, 1.54) is 12.8 Å². The molecule has 0 aromatic heterocycles. The Morgan fingerprint density at radius 1 is 1.31 bits per heavy atom. The highest BCUT2D eigenvalue weighted by molar-refractivity contribution is 4.79. The highest BCUT2D eigenvalue weighted by Crippen LogP contribution is 2.24. The third-order valence-electron chi connectivity index (χ3n) is 2.86. The Morgan fingerprint density at radius 2 is 2.15 bits per heavy atom. The maximum atomic E-state index is 9.04. The lowest BCUT2D eigenvalue weighted by molar-refractivity contribution is -0.112. The molecule has 1 aliphatic carbocycles. The third-order valence-corrected chi connectivity index (χ3v) is 2.86. The lowest BCUT2D eigenvalue weighted by Gasteiger charge is -2.33. The molecule has 0 aromatic carbocycles. The molecule has 0 spiro atoms. The van der Waals surface area contributed by atoms with Crippen LogP contribution in [0.15, 0.2) is 0 Å². The average Bonchev–Trinajstić information content (AvgIpc) is 2.12. The summed E-state index contributed by atoms with van der Waals surface area (Å²) in [6.07, 6.45) is 5.71. The van der Waals surface area contributed by atoms with E-state index in [1.54, 1.807) is 0 Å². The number of hydrogen-bond acceptors (Lipinski definition) is 3. The summed E-state index contributed by atoms with van der Waals surface area (Å²) >= 11 is 0. The van der Waals surface area contributed by atoms with Crippen molar-refractivity contribution in [2.75, 3.05) is 13.2 Å². The molecule has 2 rings (SSSR count). The van der Waals surface area contributed by atoms with Gasteiger partial charge in [0.05, 0.1) is 24.9 Å². The van der Waals surface area contributed by atoms with E-state index in [-0.39, 0.29) is 6.10 Å². The zero-order chi connectivity index (χ0) is 9.10. The van der Waals surface area contributed by atoms with Crippen LogP contribution >= 0.6 is 0 Å². The van der Waals surface area contributed by atoms with Crippen LogP contribution in [0.4, 0.5) is 0 Å². The quantitative estimate of drug-likeness (QED) is 0.717. The molecule has 1 heterocycles. The van der Waals surface area contributed by atoms with Crippen LogP contribution in [0.3, 0.4) is 0 Å². The van der Waals surface area contributed by atoms with E-state index in [2.05, 4.69) is 0 Å². The molecule has 0 amide bonds. The second kappa shape index (κ2) is 4.40. The minimum absolute atomic E-state index is 0.114. The Kier molecular flexibility index (Phi) is 3.19. The Hall–Kier alpha value is -0.120. The summed E-state index contributed by atoms with van der Waals surface area (Å²) in [7, 11) is 0. The molecule has 2 aliphatic rings. The fourth-order valence-electron chi connectivity index (χ4n) is 1.86. The second-order valence-electron chi connectivity index (χ2n) is 4.07. The van der Waals surface area contributed by atoms with Gasteiger partial charge in [0.15, 0.2) is 0 Å². The molecule has 1 saturated heterocycles. The Bertz CT molecular complexity index is 148. The average molecular weight is 186 g/mol. The Balaban J connectivity index is 1.56. The van der Waals surface area contributed by atoms with Gasteiger partial charge in [-0.1, -0.05) is 0 Å². The van der Waals surface area contributed by atoms with Crippen LogP contribution < -0.4 is 0 Å². The van der Waals surface area contributed by atoms with Crippen LogP contribution in [0, 0.1) is 0 Å².